The van der Waals surface area contributed by atoms with Crippen molar-refractivity contribution in [2.75, 3.05) is 6.61 Å². The van der Waals surface area contributed by atoms with Crippen LogP contribution in [0.25, 0.3) is 5.52 Å². The van der Waals surface area contributed by atoms with Crippen LogP contribution in [0.15, 0.2) is 73.1 Å². The SMILES string of the molecule is CCOC(=O)c1cc(C(=O)c2cccc(O)c2)n2ccc(C(=O)NCc3ccccn3)cc12. The van der Waals surface area contributed by atoms with Gasteiger partial charge in [-0.25, -0.2) is 4.79 Å². The summed E-state index contributed by atoms with van der Waals surface area (Å²) >= 11 is 0. The number of carbonyl (C=O) groups excluding carboxylic acids is 3. The number of nitrogens with one attached hydrogen (secondary N) is 1. The first-order chi connectivity index (χ1) is 16.0. The highest BCUT2D eigenvalue weighted by atomic mass is 16.5. The second-order valence-electron chi connectivity index (χ2n) is 7.22. The number of ketones is 1. The molecule has 166 valence electrons. The average Bonchev–Trinajstić information content (AvgIpc) is 3.22. The van der Waals surface area contributed by atoms with Crippen molar-refractivity contribution in [2.45, 2.75) is 13.5 Å². The largest absolute Gasteiger partial charge is 0.508 e. The van der Waals surface area contributed by atoms with E-state index in [2.05, 4.69) is 10.3 Å². The Morgan fingerprint density at radius 1 is 1.03 bits per heavy atom. The molecule has 0 spiro atoms. The number of aromatic nitrogens is 2. The van der Waals surface area contributed by atoms with E-state index in [-0.39, 0.29) is 47.4 Å². The lowest BCUT2D eigenvalue weighted by atomic mass is 10.1. The van der Waals surface area contributed by atoms with Gasteiger partial charge >= 0.3 is 5.97 Å². The minimum absolute atomic E-state index is 0.0424. The number of amides is 1. The molecule has 0 atom stereocenters. The van der Waals surface area contributed by atoms with Crippen LogP contribution in [0.5, 0.6) is 5.75 Å². The fourth-order valence-corrected chi connectivity index (χ4v) is 3.46. The third kappa shape index (κ3) is 4.59. The molecule has 0 aliphatic carbocycles. The van der Waals surface area contributed by atoms with Crippen LogP contribution in [0.1, 0.15) is 49.4 Å². The number of carbonyl (C=O) groups is 3. The van der Waals surface area contributed by atoms with Crippen LogP contribution in [0, 0.1) is 0 Å². The van der Waals surface area contributed by atoms with Crippen molar-refractivity contribution in [3.05, 3.63) is 101 Å². The Labute approximate surface area is 189 Å². The van der Waals surface area contributed by atoms with Crippen molar-refractivity contribution in [1.29, 1.82) is 0 Å². The summed E-state index contributed by atoms with van der Waals surface area (Å²) in [6.07, 6.45) is 3.20. The highest BCUT2D eigenvalue weighted by Crippen LogP contribution is 2.23. The van der Waals surface area contributed by atoms with Crippen LogP contribution in [-0.4, -0.2) is 38.8 Å². The molecule has 0 bridgehead atoms. The van der Waals surface area contributed by atoms with Crippen molar-refractivity contribution < 1.29 is 24.2 Å². The van der Waals surface area contributed by atoms with Gasteiger partial charge in [-0.2, -0.15) is 0 Å². The lowest BCUT2D eigenvalue weighted by Crippen LogP contribution is -2.23. The number of hydrogen-bond donors (Lipinski definition) is 2. The quantitative estimate of drug-likeness (QED) is 0.335. The molecule has 3 heterocycles. The van der Waals surface area contributed by atoms with E-state index in [1.165, 1.54) is 22.6 Å². The zero-order chi connectivity index (χ0) is 23.4. The van der Waals surface area contributed by atoms with Gasteiger partial charge in [0.05, 0.1) is 35.6 Å². The lowest BCUT2D eigenvalue weighted by molar-refractivity contribution is 0.0528. The summed E-state index contributed by atoms with van der Waals surface area (Å²) in [5.41, 5.74) is 2.03. The Hall–Kier alpha value is -4.46. The maximum atomic E-state index is 13.1. The van der Waals surface area contributed by atoms with Gasteiger partial charge < -0.3 is 19.6 Å². The number of esters is 1. The zero-order valence-corrected chi connectivity index (χ0v) is 17.8. The van der Waals surface area contributed by atoms with E-state index in [1.807, 2.05) is 6.07 Å². The van der Waals surface area contributed by atoms with Gasteiger partial charge in [0.15, 0.2) is 0 Å². The van der Waals surface area contributed by atoms with Crippen LogP contribution in [-0.2, 0) is 11.3 Å². The first kappa shape index (κ1) is 21.8. The molecule has 0 fully saturated rings. The van der Waals surface area contributed by atoms with Crippen LogP contribution >= 0.6 is 0 Å². The highest BCUT2D eigenvalue weighted by Gasteiger charge is 2.22. The van der Waals surface area contributed by atoms with Gasteiger partial charge in [-0.15, -0.1) is 0 Å². The van der Waals surface area contributed by atoms with Crippen LogP contribution < -0.4 is 5.32 Å². The zero-order valence-electron chi connectivity index (χ0n) is 17.8. The summed E-state index contributed by atoms with van der Waals surface area (Å²) in [4.78, 5) is 42.6. The number of benzene rings is 1. The third-order valence-electron chi connectivity index (χ3n) is 5.03. The normalized spacial score (nSPS) is 10.7. The summed E-state index contributed by atoms with van der Waals surface area (Å²) in [5, 5.41) is 12.5. The standard InChI is InChI=1S/C25H21N3O5/c1-2-33-25(32)20-14-22(23(30)16-6-5-8-19(29)12-16)28-11-9-17(13-21(20)28)24(31)27-15-18-7-3-4-10-26-18/h3-14,29H,2,15H2,1H3,(H,27,31). The molecule has 0 saturated carbocycles. The van der Waals surface area contributed by atoms with E-state index in [1.54, 1.807) is 55.7 Å². The van der Waals surface area contributed by atoms with E-state index in [4.69, 9.17) is 4.74 Å². The molecule has 1 amide bonds. The molecule has 4 aromatic rings. The second kappa shape index (κ2) is 9.35. The van der Waals surface area contributed by atoms with Crippen LogP contribution in [0.3, 0.4) is 0 Å². The van der Waals surface area contributed by atoms with E-state index >= 15 is 0 Å². The van der Waals surface area contributed by atoms with Crippen molar-refractivity contribution in [3.8, 4) is 5.75 Å². The average molecular weight is 443 g/mol. The molecule has 0 aliphatic rings. The number of nitrogens with zero attached hydrogens (tertiary/aromatic N) is 2. The predicted molar refractivity (Wildman–Crippen MR) is 120 cm³/mol. The molecule has 8 heteroatoms. The van der Waals surface area contributed by atoms with Gasteiger partial charge in [-0.3, -0.25) is 14.6 Å². The van der Waals surface area contributed by atoms with Crippen LogP contribution in [0.2, 0.25) is 0 Å². The number of phenols is 1. The molecule has 0 aliphatic heterocycles. The lowest BCUT2D eigenvalue weighted by Gasteiger charge is -2.08. The number of pyridine rings is 2. The summed E-state index contributed by atoms with van der Waals surface area (Å²) in [6.45, 7) is 2.10. The number of ether oxygens (including phenoxy) is 1. The van der Waals surface area contributed by atoms with E-state index in [9.17, 15) is 19.5 Å². The first-order valence-electron chi connectivity index (χ1n) is 10.3. The van der Waals surface area contributed by atoms with Crippen molar-refractivity contribution in [1.82, 2.24) is 14.7 Å². The molecule has 0 radical (unpaired) electrons. The van der Waals surface area contributed by atoms with Gasteiger partial charge in [-0.1, -0.05) is 18.2 Å². The molecule has 8 nitrogen and oxygen atoms in total. The Morgan fingerprint density at radius 3 is 2.61 bits per heavy atom. The van der Waals surface area contributed by atoms with Gasteiger partial charge in [0.1, 0.15) is 5.75 Å². The number of phenolic OH excluding ortho intramolecular Hbond substituents is 1. The molecule has 2 N–H and O–H groups in total. The smallest absolute Gasteiger partial charge is 0.340 e. The molecule has 0 unspecified atom stereocenters. The number of rotatable bonds is 7. The fourth-order valence-electron chi connectivity index (χ4n) is 3.46. The van der Waals surface area contributed by atoms with Gasteiger partial charge in [0.25, 0.3) is 5.91 Å². The predicted octanol–water partition coefficient (Wildman–Crippen LogP) is 3.38. The Kier molecular flexibility index (Phi) is 6.17. The van der Waals surface area contributed by atoms with E-state index in [0.29, 0.717) is 16.8 Å². The Bertz CT molecular complexity index is 1340. The molecular weight excluding hydrogens is 422 g/mol. The molecule has 1 aromatic carbocycles. The van der Waals surface area contributed by atoms with Gasteiger partial charge in [0, 0.05) is 23.5 Å². The number of aromatic hydroxyl groups is 1. The number of hydrogen-bond acceptors (Lipinski definition) is 6. The molecular formula is C25H21N3O5. The maximum absolute atomic E-state index is 13.1. The van der Waals surface area contributed by atoms with E-state index in [0.717, 1.165) is 0 Å². The molecule has 4 rings (SSSR count). The van der Waals surface area contributed by atoms with Crippen molar-refractivity contribution in [3.63, 3.8) is 0 Å². The molecule has 0 saturated heterocycles. The van der Waals surface area contributed by atoms with Gasteiger partial charge in [0.2, 0.25) is 5.78 Å². The highest BCUT2D eigenvalue weighted by molar-refractivity contribution is 6.11. The Balaban J connectivity index is 1.71. The fraction of sp³-hybridized carbons (Fsp3) is 0.120. The summed E-state index contributed by atoms with van der Waals surface area (Å²) in [6, 6.07) is 15.9. The minimum Gasteiger partial charge on any atom is -0.508 e. The summed E-state index contributed by atoms with van der Waals surface area (Å²) in [7, 11) is 0. The van der Waals surface area contributed by atoms with Crippen LogP contribution in [0.4, 0.5) is 0 Å². The van der Waals surface area contributed by atoms with E-state index < -0.39 is 5.97 Å². The van der Waals surface area contributed by atoms with Crippen molar-refractivity contribution in [2.24, 2.45) is 0 Å². The topological polar surface area (TPSA) is 110 Å². The Morgan fingerprint density at radius 2 is 1.88 bits per heavy atom. The number of fused-ring (bicyclic) bond motifs is 1. The third-order valence-corrected chi connectivity index (χ3v) is 5.03. The summed E-state index contributed by atoms with van der Waals surface area (Å²) < 4.78 is 6.68. The second-order valence-corrected chi connectivity index (χ2v) is 7.22. The van der Waals surface area contributed by atoms with Gasteiger partial charge in [-0.05, 0) is 49.4 Å². The monoisotopic (exact) mass is 443 g/mol. The first-order valence-corrected chi connectivity index (χ1v) is 10.3. The molecule has 3 aromatic heterocycles. The van der Waals surface area contributed by atoms with Crippen molar-refractivity contribution >= 4 is 23.2 Å². The summed E-state index contributed by atoms with van der Waals surface area (Å²) in [5.74, 6) is -1.38. The molecule has 33 heavy (non-hydrogen) atoms. The minimum atomic E-state index is -0.601. The maximum Gasteiger partial charge on any atom is 0.340 e.